The number of oxime groups is 1. The van der Waals surface area contributed by atoms with Crippen LogP contribution in [0.3, 0.4) is 0 Å². The average Bonchev–Trinajstić information content (AvgIpc) is 3.02. The molecule has 0 atom stereocenters. The van der Waals surface area contributed by atoms with E-state index in [1.165, 1.54) is 29.5 Å². The smallest absolute Gasteiger partial charge is 0.280 e. The lowest BCUT2D eigenvalue weighted by atomic mass is 10.1. The molecule has 1 aromatic heterocycles. The summed E-state index contributed by atoms with van der Waals surface area (Å²) in [6.07, 6.45) is 0.802. The molecule has 7 nitrogen and oxygen atoms in total. The van der Waals surface area contributed by atoms with Gasteiger partial charge in [-0.1, -0.05) is 46.3 Å². The number of anilines is 1. The van der Waals surface area contributed by atoms with Gasteiger partial charge >= 0.3 is 0 Å². The number of benzene rings is 2. The van der Waals surface area contributed by atoms with Crippen molar-refractivity contribution in [2.45, 2.75) is 24.8 Å². The zero-order chi connectivity index (χ0) is 21.2. The quantitative estimate of drug-likeness (QED) is 0.449. The van der Waals surface area contributed by atoms with Crippen molar-refractivity contribution in [2.24, 2.45) is 5.16 Å². The molecule has 1 amide bonds. The summed E-state index contributed by atoms with van der Waals surface area (Å²) in [6.45, 7) is 3.54. The Labute approximate surface area is 177 Å². The number of carbonyl (C=O) groups is 1. The van der Waals surface area contributed by atoms with Crippen LogP contribution in [0, 0.1) is 0 Å². The van der Waals surface area contributed by atoms with Gasteiger partial charge in [0.2, 0.25) is 0 Å². The van der Waals surface area contributed by atoms with Crippen molar-refractivity contribution in [2.75, 3.05) is 11.6 Å². The van der Waals surface area contributed by atoms with Crippen molar-refractivity contribution < 1.29 is 18.0 Å². The van der Waals surface area contributed by atoms with Crippen LogP contribution < -0.4 is 5.32 Å². The second-order valence-corrected chi connectivity index (χ2v) is 9.87. The molecular weight excluding hydrogens is 434 g/mol. The molecule has 10 heteroatoms. The van der Waals surface area contributed by atoms with Gasteiger partial charge < -0.3 is 4.84 Å². The molecule has 2 aromatic carbocycles. The van der Waals surface area contributed by atoms with Crippen molar-refractivity contribution in [1.29, 1.82) is 0 Å². The number of fused-ring (bicyclic) bond motifs is 1. The SMILES string of the molecule is CC(C)ON=C(C(=O)Nc1nc2ccccc2s1)c1ccc(S(C)(=O)=O)c(Cl)c1. The lowest BCUT2D eigenvalue weighted by Gasteiger charge is -2.10. The van der Waals surface area contributed by atoms with Crippen LogP contribution in [0.1, 0.15) is 19.4 Å². The van der Waals surface area contributed by atoms with Crippen molar-refractivity contribution in [1.82, 2.24) is 4.98 Å². The van der Waals surface area contributed by atoms with E-state index in [2.05, 4.69) is 15.5 Å². The molecule has 0 aliphatic carbocycles. The summed E-state index contributed by atoms with van der Waals surface area (Å²) < 4.78 is 24.5. The van der Waals surface area contributed by atoms with E-state index in [1.807, 2.05) is 24.3 Å². The molecule has 0 aliphatic rings. The van der Waals surface area contributed by atoms with Gasteiger partial charge in [0, 0.05) is 11.8 Å². The number of nitrogens with one attached hydrogen (secondary N) is 1. The summed E-state index contributed by atoms with van der Waals surface area (Å²) in [5.41, 5.74) is 1.05. The van der Waals surface area contributed by atoms with Crippen LogP contribution in [0.25, 0.3) is 10.2 Å². The summed E-state index contributed by atoms with van der Waals surface area (Å²) in [7, 11) is -3.50. The fourth-order valence-electron chi connectivity index (χ4n) is 2.41. The Morgan fingerprint density at radius 3 is 2.59 bits per heavy atom. The normalized spacial score (nSPS) is 12.4. The Kier molecular flexibility index (Phi) is 6.21. The zero-order valence-corrected chi connectivity index (χ0v) is 18.2. The minimum absolute atomic E-state index is 0.00460. The molecule has 0 unspecified atom stereocenters. The summed E-state index contributed by atoms with van der Waals surface area (Å²) in [5.74, 6) is -0.548. The van der Waals surface area contributed by atoms with E-state index in [1.54, 1.807) is 13.8 Å². The summed E-state index contributed by atoms with van der Waals surface area (Å²) >= 11 is 7.45. The second-order valence-electron chi connectivity index (χ2n) is 6.45. The molecule has 0 fully saturated rings. The monoisotopic (exact) mass is 451 g/mol. The summed E-state index contributed by atoms with van der Waals surface area (Å²) in [4.78, 5) is 22.5. The van der Waals surface area contributed by atoms with Gasteiger partial charge in [0.25, 0.3) is 5.91 Å². The number of amides is 1. The van der Waals surface area contributed by atoms with Crippen molar-refractivity contribution in [3.8, 4) is 0 Å². The van der Waals surface area contributed by atoms with Gasteiger partial charge in [-0.15, -0.1) is 0 Å². The number of nitrogens with zero attached hydrogens (tertiary/aromatic N) is 2. The highest BCUT2D eigenvalue weighted by molar-refractivity contribution is 7.90. The number of carbonyl (C=O) groups excluding carboxylic acids is 1. The van der Waals surface area contributed by atoms with Gasteiger partial charge in [-0.25, -0.2) is 13.4 Å². The molecule has 3 aromatic rings. The van der Waals surface area contributed by atoms with E-state index < -0.39 is 15.7 Å². The molecule has 0 saturated heterocycles. The van der Waals surface area contributed by atoms with E-state index in [0.717, 1.165) is 16.5 Å². The van der Waals surface area contributed by atoms with Gasteiger partial charge in [0.15, 0.2) is 20.7 Å². The third-order valence-electron chi connectivity index (χ3n) is 3.69. The number of rotatable bonds is 6. The minimum Gasteiger partial charge on any atom is -0.392 e. The third kappa shape index (κ3) is 5.11. The Morgan fingerprint density at radius 2 is 1.97 bits per heavy atom. The highest BCUT2D eigenvalue weighted by atomic mass is 35.5. The lowest BCUT2D eigenvalue weighted by molar-refractivity contribution is -0.110. The van der Waals surface area contributed by atoms with Crippen LogP contribution in [0.4, 0.5) is 5.13 Å². The molecule has 0 aliphatic heterocycles. The first-order chi connectivity index (χ1) is 13.6. The number of aromatic nitrogens is 1. The highest BCUT2D eigenvalue weighted by Gasteiger charge is 2.21. The van der Waals surface area contributed by atoms with E-state index >= 15 is 0 Å². The molecule has 152 valence electrons. The van der Waals surface area contributed by atoms with Crippen molar-refractivity contribution >= 4 is 59.7 Å². The van der Waals surface area contributed by atoms with Crippen molar-refractivity contribution in [3.05, 3.63) is 53.1 Å². The number of para-hydroxylation sites is 1. The fraction of sp³-hybridized carbons (Fsp3) is 0.211. The summed E-state index contributed by atoms with van der Waals surface area (Å²) in [6, 6.07) is 11.7. The van der Waals surface area contributed by atoms with Gasteiger partial charge in [0.05, 0.1) is 20.1 Å². The number of halogens is 1. The molecule has 29 heavy (non-hydrogen) atoms. The number of thiazole rings is 1. The van der Waals surface area contributed by atoms with Gasteiger partial charge in [0.1, 0.15) is 6.10 Å². The lowest BCUT2D eigenvalue weighted by Crippen LogP contribution is -2.24. The van der Waals surface area contributed by atoms with E-state index in [9.17, 15) is 13.2 Å². The maximum atomic E-state index is 12.9. The number of hydrogen-bond donors (Lipinski definition) is 1. The summed E-state index contributed by atoms with van der Waals surface area (Å²) in [5, 5.41) is 7.07. The molecule has 0 bridgehead atoms. The maximum absolute atomic E-state index is 12.9. The number of hydrogen-bond acceptors (Lipinski definition) is 7. The first-order valence-corrected chi connectivity index (χ1v) is 11.6. The van der Waals surface area contributed by atoms with Crippen LogP contribution in [0.2, 0.25) is 5.02 Å². The second kappa shape index (κ2) is 8.48. The van der Waals surface area contributed by atoms with Crippen LogP contribution in [-0.2, 0) is 19.5 Å². The van der Waals surface area contributed by atoms with E-state index in [-0.39, 0.29) is 21.7 Å². The molecule has 1 N–H and O–H groups in total. The predicted molar refractivity (Wildman–Crippen MR) is 116 cm³/mol. The van der Waals surface area contributed by atoms with Crippen LogP contribution in [0.5, 0.6) is 0 Å². The van der Waals surface area contributed by atoms with E-state index in [4.69, 9.17) is 16.4 Å². The van der Waals surface area contributed by atoms with Crippen LogP contribution in [0.15, 0.2) is 52.5 Å². The Bertz CT molecular complexity index is 1170. The predicted octanol–water partition coefficient (Wildman–Crippen LogP) is 4.12. The number of sulfone groups is 1. The molecule has 0 spiro atoms. The minimum atomic E-state index is -3.50. The first kappa shape index (κ1) is 21.2. The Morgan fingerprint density at radius 1 is 1.24 bits per heavy atom. The zero-order valence-electron chi connectivity index (χ0n) is 15.8. The molecule has 1 heterocycles. The van der Waals surface area contributed by atoms with Crippen molar-refractivity contribution in [3.63, 3.8) is 0 Å². The van der Waals surface area contributed by atoms with Gasteiger partial charge in [-0.2, -0.15) is 0 Å². The molecular formula is C19H18ClN3O4S2. The topological polar surface area (TPSA) is 97.7 Å². The highest BCUT2D eigenvalue weighted by Crippen LogP contribution is 2.26. The fourth-order valence-corrected chi connectivity index (χ4v) is 4.60. The third-order valence-corrected chi connectivity index (χ3v) is 6.22. The average molecular weight is 452 g/mol. The first-order valence-electron chi connectivity index (χ1n) is 8.56. The molecule has 0 radical (unpaired) electrons. The standard InChI is InChI=1S/C19H18ClN3O4S2/c1-11(2)27-23-17(12-8-9-16(13(20)10-12)29(3,25)26)18(24)22-19-21-14-6-4-5-7-15(14)28-19/h4-11H,1-3H3,(H,21,22,24). The van der Waals surface area contributed by atoms with Gasteiger partial charge in [-0.3, -0.25) is 10.1 Å². The largest absolute Gasteiger partial charge is 0.392 e. The molecule has 0 saturated carbocycles. The van der Waals surface area contributed by atoms with Gasteiger partial charge in [-0.05, 0) is 38.1 Å². The Balaban J connectivity index is 1.95. The maximum Gasteiger partial charge on any atom is 0.280 e. The van der Waals surface area contributed by atoms with E-state index in [0.29, 0.717) is 10.7 Å². The Hall–Kier alpha value is -2.49. The van der Waals surface area contributed by atoms with Crippen LogP contribution in [-0.4, -0.2) is 37.4 Å². The van der Waals surface area contributed by atoms with Crippen LogP contribution >= 0.6 is 22.9 Å². The molecule has 3 rings (SSSR count).